The van der Waals surface area contributed by atoms with E-state index in [1.165, 1.54) is 12.1 Å². The van der Waals surface area contributed by atoms with Crippen LogP contribution < -0.4 is 5.32 Å². The van der Waals surface area contributed by atoms with Crippen molar-refractivity contribution in [2.45, 2.75) is 25.1 Å². The maximum absolute atomic E-state index is 14.9. The lowest BCUT2D eigenvalue weighted by molar-refractivity contribution is -0.158. The van der Waals surface area contributed by atoms with E-state index in [1.54, 1.807) is 37.3 Å². The fourth-order valence-electron chi connectivity index (χ4n) is 3.58. The third kappa shape index (κ3) is 4.95. The van der Waals surface area contributed by atoms with Crippen molar-refractivity contribution < 1.29 is 19.4 Å². The molecule has 3 rings (SSSR count). The number of carboxylic acids is 1. The van der Waals surface area contributed by atoms with Crippen molar-refractivity contribution in [1.82, 2.24) is 5.32 Å². The molecule has 0 aromatic heterocycles. The van der Waals surface area contributed by atoms with E-state index < -0.39 is 29.5 Å². The van der Waals surface area contributed by atoms with E-state index in [-0.39, 0.29) is 12.0 Å². The highest BCUT2D eigenvalue weighted by molar-refractivity contribution is 9.10. The molecule has 0 saturated heterocycles. The summed E-state index contributed by atoms with van der Waals surface area (Å²) in [5.41, 5.74) is -0.689. The Bertz CT molecular complexity index is 1000. The Morgan fingerprint density at radius 2 is 1.67 bits per heavy atom. The van der Waals surface area contributed by atoms with Crippen molar-refractivity contribution in [3.63, 3.8) is 0 Å². The molecular weight excluding hydrogens is 449 g/mol. The lowest BCUT2D eigenvalue weighted by Crippen LogP contribution is -2.53. The van der Waals surface area contributed by atoms with Gasteiger partial charge in [0, 0.05) is 16.1 Å². The smallest absolute Gasteiger partial charge is 0.311 e. The highest BCUT2D eigenvalue weighted by Gasteiger charge is 2.45. The van der Waals surface area contributed by atoms with Crippen molar-refractivity contribution in [1.29, 1.82) is 0 Å². The van der Waals surface area contributed by atoms with Crippen LogP contribution in [0.2, 0.25) is 0 Å². The van der Waals surface area contributed by atoms with Crippen LogP contribution in [0.4, 0.5) is 4.39 Å². The molecule has 3 N–H and O–H groups in total. The molecule has 0 amide bonds. The second-order valence-electron chi connectivity index (χ2n) is 7.25. The van der Waals surface area contributed by atoms with Crippen LogP contribution in [-0.2, 0) is 16.9 Å². The monoisotopic (exact) mass is 471 g/mol. The van der Waals surface area contributed by atoms with E-state index in [4.69, 9.17) is 0 Å². The molecule has 3 atom stereocenters. The van der Waals surface area contributed by atoms with Gasteiger partial charge in [0.2, 0.25) is 0 Å². The number of carbonyl (C=O) groups is 1. The molecule has 0 fully saturated rings. The van der Waals surface area contributed by atoms with Gasteiger partial charge in [0.1, 0.15) is 11.7 Å². The van der Waals surface area contributed by atoms with Gasteiger partial charge in [0.25, 0.3) is 0 Å². The van der Waals surface area contributed by atoms with Gasteiger partial charge in [-0.15, -0.1) is 0 Å². The Labute approximate surface area is 183 Å². The molecule has 0 heterocycles. The number of benzene rings is 3. The fourth-order valence-corrected chi connectivity index (χ4v) is 3.92. The topological polar surface area (TPSA) is 69.6 Å². The Balaban J connectivity index is 2.08. The first-order valence-corrected chi connectivity index (χ1v) is 10.4. The molecule has 3 aromatic rings. The van der Waals surface area contributed by atoms with Crippen LogP contribution in [-0.4, -0.2) is 16.2 Å². The van der Waals surface area contributed by atoms with Crippen molar-refractivity contribution in [2.24, 2.45) is 5.92 Å². The minimum absolute atomic E-state index is 0.0245. The van der Waals surface area contributed by atoms with E-state index in [0.29, 0.717) is 4.47 Å². The first-order valence-electron chi connectivity index (χ1n) is 9.58. The second kappa shape index (κ2) is 9.51. The van der Waals surface area contributed by atoms with Crippen molar-refractivity contribution in [3.05, 3.63) is 106 Å². The second-order valence-corrected chi connectivity index (χ2v) is 8.16. The number of nitrogens with one attached hydrogen (secondary N) is 1. The molecule has 30 heavy (non-hydrogen) atoms. The third-order valence-electron chi connectivity index (χ3n) is 5.16. The van der Waals surface area contributed by atoms with Crippen LogP contribution in [0.15, 0.2) is 83.3 Å². The van der Waals surface area contributed by atoms with E-state index in [2.05, 4.69) is 21.2 Å². The fraction of sp³-hybridized carbons (Fsp3) is 0.208. The van der Waals surface area contributed by atoms with Gasteiger partial charge in [0.05, 0.1) is 0 Å². The molecule has 0 bridgehead atoms. The molecule has 0 radical (unpaired) electrons. The summed E-state index contributed by atoms with van der Waals surface area (Å²) in [6, 6.07) is 22.1. The summed E-state index contributed by atoms with van der Waals surface area (Å²) in [6.07, 6.45) is 0.0245. The lowest BCUT2D eigenvalue weighted by Gasteiger charge is -2.38. The number of halogens is 2. The maximum Gasteiger partial charge on any atom is 0.311 e. The summed E-state index contributed by atoms with van der Waals surface area (Å²) >= 11 is 3.21. The number of rotatable bonds is 8. The van der Waals surface area contributed by atoms with Gasteiger partial charge in [0.15, 0.2) is 5.72 Å². The molecule has 3 aromatic carbocycles. The quantitative estimate of drug-likeness (QED) is 0.403. The lowest BCUT2D eigenvalue weighted by atomic mass is 9.83. The average molecular weight is 472 g/mol. The minimum atomic E-state index is -2.15. The van der Waals surface area contributed by atoms with Gasteiger partial charge < -0.3 is 10.2 Å². The number of hydrogen-bond donors (Lipinski definition) is 3. The molecule has 0 spiro atoms. The summed E-state index contributed by atoms with van der Waals surface area (Å²) in [4.78, 5) is 12.3. The van der Waals surface area contributed by atoms with Gasteiger partial charge >= 0.3 is 5.97 Å². The standard InChI is InChI=1S/C24H23BrFNO3/c1-16(18-10-6-3-7-11-18)27-24(30,20-13-12-19(25)15-22(20)26)21(23(28)29)14-17-8-4-2-5-9-17/h2-13,15-16,21,27,30H,14H2,1H3,(H,28,29)/t16-,21+,24+/m1/s1. The summed E-state index contributed by atoms with van der Waals surface area (Å²) in [6.45, 7) is 1.80. The van der Waals surface area contributed by atoms with Crippen molar-refractivity contribution in [3.8, 4) is 0 Å². The summed E-state index contributed by atoms with van der Waals surface area (Å²) in [7, 11) is 0. The van der Waals surface area contributed by atoms with Crippen LogP contribution in [0.5, 0.6) is 0 Å². The van der Waals surface area contributed by atoms with Crippen molar-refractivity contribution >= 4 is 21.9 Å². The molecule has 0 unspecified atom stereocenters. The van der Waals surface area contributed by atoms with Crippen LogP contribution in [0.1, 0.15) is 29.7 Å². The SMILES string of the molecule is C[C@@H](N[C@](O)(c1ccc(Br)cc1F)[C@@H](Cc1ccccc1)C(=O)O)c1ccccc1. The van der Waals surface area contributed by atoms with Crippen LogP contribution in [0.25, 0.3) is 0 Å². The van der Waals surface area contributed by atoms with Crippen LogP contribution in [0.3, 0.4) is 0 Å². The van der Waals surface area contributed by atoms with Gasteiger partial charge in [-0.2, -0.15) is 0 Å². The number of aliphatic carboxylic acids is 1. The van der Waals surface area contributed by atoms with E-state index >= 15 is 0 Å². The van der Waals surface area contributed by atoms with E-state index in [1.807, 2.05) is 36.4 Å². The van der Waals surface area contributed by atoms with E-state index in [9.17, 15) is 19.4 Å². The molecule has 4 nitrogen and oxygen atoms in total. The molecule has 0 saturated carbocycles. The molecule has 0 aliphatic heterocycles. The largest absolute Gasteiger partial charge is 0.481 e. The first-order chi connectivity index (χ1) is 14.3. The summed E-state index contributed by atoms with van der Waals surface area (Å²) in [5, 5.41) is 24.8. The van der Waals surface area contributed by atoms with Crippen LogP contribution >= 0.6 is 15.9 Å². The zero-order chi connectivity index (χ0) is 21.7. The Kier molecular flexibility index (Phi) is 7.02. The predicted octanol–water partition coefficient (Wildman–Crippen LogP) is 5.03. The first kappa shape index (κ1) is 22.2. The van der Waals surface area contributed by atoms with Gasteiger partial charge in [-0.05, 0) is 36.6 Å². The minimum Gasteiger partial charge on any atom is -0.481 e. The number of aliphatic hydroxyl groups is 1. The third-order valence-corrected chi connectivity index (χ3v) is 5.66. The number of carboxylic acid groups (broad SMARTS) is 1. The van der Waals surface area contributed by atoms with E-state index in [0.717, 1.165) is 11.1 Å². The molecule has 0 aliphatic rings. The molecule has 6 heteroatoms. The van der Waals surface area contributed by atoms with Gasteiger partial charge in [-0.1, -0.05) is 82.7 Å². The molecule has 156 valence electrons. The van der Waals surface area contributed by atoms with Crippen LogP contribution in [0, 0.1) is 11.7 Å². The molecule has 0 aliphatic carbocycles. The van der Waals surface area contributed by atoms with Crippen molar-refractivity contribution in [2.75, 3.05) is 0 Å². The zero-order valence-electron chi connectivity index (χ0n) is 16.4. The Morgan fingerprint density at radius 3 is 2.23 bits per heavy atom. The van der Waals surface area contributed by atoms with Gasteiger partial charge in [-0.25, -0.2) is 4.39 Å². The highest BCUT2D eigenvalue weighted by atomic mass is 79.9. The Morgan fingerprint density at radius 1 is 1.07 bits per heavy atom. The maximum atomic E-state index is 14.9. The highest BCUT2D eigenvalue weighted by Crippen LogP contribution is 2.35. The predicted molar refractivity (Wildman–Crippen MR) is 117 cm³/mol. The number of hydrogen-bond acceptors (Lipinski definition) is 3. The zero-order valence-corrected chi connectivity index (χ0v) is 18.0. The summed E-state index contributed by atoms with van der Waals surface area (Å²) < 4.78 is 15.4. The molecular formula is C24H23BrFNO3. The summed E-state index contributed by atoms with van der Waals surface area (Å²) in [5.74, 6) is -3.25. The van der Waals surface area contributed by atoms with Gasteiger partial charge in [-0.3, -0.25) is 10.1 Å². The Hall–Kier alpha value is -2.54. The average Bonchev–Trinajstić information content (AvgIpc) is 2.73. The normalized spacial score (nSPS) is 15.2.